The zero-order valence-corrected chi connectivity index (χ0v) is 13.1. The molecule has 2 atom stereocenters. The van der Waals surface area contributed by atoms with Gasteiger partial charge in [-0.05, 0) is 25.8 Å². The lowest BCUT2D eigenvalue weighted by molar-refractivity contribution is -0.129. The molecule has 2 amide bonds. The van der Waals surface area contributed by atoms with Crippen molar-refractivity contribution in [2.45, 2.75) is 51.4 Å². The molecule has 2 aliphatic rings. The van der Waals surface area contributed by atoms with Crippen LogP contribution >= 0.6 is 0 Å². The average molecular weight is 302 g/mol. The van der Waals surface area contributed by atoms with Gasteiger partial charge in [-0.3, -0.25) is 4.79 Å². The van der Waals surface area contributed by atoms with Crippen molar-refractivity contribution in [3.8, 4) is 0 Å². The molecular formula is C17H22N2O3. The number of hydrogen-bond acceptors (Lipinski definition) is 3. The molecule has 2 saturated heterocycles. The van der Waals surface area contributed by atoms with E-state index in [2.05, 4.69) is 0 Å². The highest BCUT2D eigenvalue weighted by Crippen LogP contribution is 2.34. The molecule has 0 aliphatic carbocycles. The summed E-state index contributed by atoms with van der Waals surface area (Å²) in [6, 6.07) is 10.1. The highest BCUT2D eigenvalue weighted by Gasteiger charge is 2.48. The minimum atomic E-state index is -0.295. The lowest BCUT2D eigenvalue weighted by Crippen LogP contribution is -2.40. The molecule has 5 heteroatoms. The average Bonchev–Trinajstić information content (AvgIpc) is 3.00. The Balaban J connectivity index is 1.70. The van der Waals surface area contributed by atoms with Crippen LogP contribution in [0.25, 0.3) is 0 Å². The van der Waals surface area contributed by atoms with Crippen molar-refractivity contribution in [1.29, 1.82) is 0 Å². The van der Waals surface area contributed by atoms with Gasteiger partial charge >= 0.3 is 6.09 Å². The lowest BCUT2D eigenvalue weighted by atomic mass is 10.1. The standard InChI is InChI=1S/C17H22N2O3/c1-12(2)22-17(21)18-9-8-14-15(18)10-16(20)19(14)11-13-6-4-3-5-7-13/h3-7,12,14-15H,8-11H2,1-2H3/t14-,15-/m0/s1. The summed E-state index contributed by atoms with van der Waals surface area (Å²) in [6.45, 7) is 4.97. The normalized spacial score (nSPS) is 24.0. The molecule has 2 aliphatic heterocycles. The van der Waals surface area contributed by atoms with E-state index >= 15 is 0 Å². The number of fused-ring (bicyclic) bond motifs is 1. The fraction of sp³-hybridized carbons (Fsp3) is 0.529. The molecule has 3 rings (SSSR count). The zero-order valence-electron chi connectivity index (χ0n) is 13.1. The SMILES string of the molecule is CC(C)OC(=O)N1CC[C@H]2[C@@H]1CC(=O)N2Cc1ccccc1. The Morgan fingerprint density at radius 2 is 2.00 bits per heavy atom. The van der Waals surface area contributed by atoms with Crippen LogP contribution in [0.15, 0.2) is 30.3 Å². The maximum atomic E-state index is 12.3. The van der Waals surface area contributed by atoms with Gasteiger partial charge in [0.05, 0.1) is 18.2 Å². The molecule has 22 heavy (non-hydrogen) atoms. The topological polar surface area (TPSA) is 49.9 Å². The lowest BCUT2D eigenvalue weighted by Gasteiger charge is -2.25. The Morgan fingerprint density at radius 1 is 1.27 bits per heavy atom. The molecule has 0 saturated carbocycles. The number of rotatable bonds is 3. The van der Waals surface area contributed by atoms with Crippen LogP contribution in [0.4, 0.5) is 4.79 Å². The van der Waals surface area contributed by atoms with E-state index in [1.807, 2.05) is 49.1 Å². The van der Waals surface area contributed by atoms with Gasteiger partial charge in [-0.1, -0.05) is 30.3 Å². The Bertz CT molecular complexity index is 558. The van der Waals surface area contributed by atoms with Crippen molar-refractivity contribution < 1.29 is 14.3 Å². The molecule has 0 radical (unpaired) electrons. The first-order valence-corrected chi connectivity index (χ1v) is 7.87. The first-order chi connectivity index (χ1) is 10.6. The third-order valence-corrected chi connectivity index (χ3v) is 4.38. The fourth-order valence-electron chi connectivity index (χ4n) is 3.41. The maximum absolute atomic E-state index is 12.3. The number of likely N-dealkylation sites (tertiary alicyclic amines) is 2. The number of hydrogen-bond donors (Lipinski definition) is 0. The second-order valence-corrected chi connectivity index (χ2v) is 6.26. The Morgan fingerprint density at radius 3 is 2.68 bits per heavy atom. The molecule has 0 bridgehead atoms. The highest BCUT2D eigenvalue weighted by molar-refractivity contribution is 5.82. The van der Waals surface area contributed by atoms with Crippen LogP contribution in [-0.4, -0.2) is 46.5 Å². The Kier molecular flexibility index (Phi) is 4.05. The minimum absolute atomic E-state index is 0.0394. The molecule has 0 N–H and O–H groups in total. The number of carbonyl (C=O) groups excluding carboxylic acids is 2. The van der Waals surface area contributed by atoms with Gasteiger partial charge < -0.3 is 14.5 Å². The van der Waals surface area contributed by atoms with Crippen LogP contribution in [0, 0.1) is 0 Å². The van der Waals surface area contributed by atoms with Crippen molar-refractivity contribution in [3.63, 3.8) is 0 Å². The van der Waals surface area contributed by atoms with E-state index in [1.54, 1.807) is 4.90 Å². The van der Waals surface area contributed by atoms with Crippen LogP contribution in [0.1, 0.15) is 32.3 Å². The number of amides is 2. The molecule has 1 aromatic carbocycles. The van der Waals surface area contributed by atoms with Gasteiger partial charge in [0.2, 0.25) is 5.91 Å². The van der Waals surface area contributed by atoms with E-state index in [1.165, 1.54) is 0 Å². The van der Waals surface area contributed by atoms with Crippen LogP contribution < -0.4 is 0 Å². The minimum Gasteiger partial charge on any atom is -0.447 e. The quantitative estimate of drug-likeness (QED) is 0.861. The Labute approximate surface area is 130 Å². The largest absolute Gasteiger partial charge is 0.447 e. The van der Waals surface area contributed by atoms with Crippen LogP contribution in [0.3, 0.4) is 0 Å². The number of benzene rings is 1. The zero-order chi connectivity index (χ0) is 15.7. The molecule has 2 heterocycles. The second-order valence-electron chi connectivity index (χ2n) is 6.26. The summed E-state index contributed by atoms with van der Waals surface area (Å²) in [5.41, 5.74) is 1.12. The van der Waals surface area contributed by atoms with E-state index in [4.69, 9.17) is 4.74 Å². The van der Waals surface area contributed by atoms with E-state index in [0.717, 1.165) is 12.0 Å². The smallest absolute Gasteiger partial charge is 0.410 e. The molecule has 0 spiro atoms. The molecular weight excluding hydrogens is 280 g/mol. The summed E-state index contributed by atoms with van der Waals surface area (Å²) in [5, 5.41) is 0. The van der Waals surface area contributed by atoms with Gasteiger partial charge in [0, 0.05) is 19.5 Å². The van der Waals surface area contributed by atoms with E-state index in [9.17, 15) is 9.59 Å². The monoisotopic (exact) mass is 302 g/mol. The highest BCUT2D eigenvalue weighted by atomic mass is 16.6. The van der Waals surface area contributed by atoms with E-state index in [-0.39, 0.29) is 30.2 Å². The summed E-state index contributed by atoms with van der Waals surface area (Å²) >= 11 is 0. The number of carbonyl (C=O) groups is 2. The van der Waals surface area contributed by atoms with Crippen molar-refractivity contribution in [2.75, 3.05) is 6.54 Å². The summed E-state index contributed by atoms with van der Waals surface area (Å²) in [7, 11) is 0. The third-order valence-electron chi connectivity index (χ3n) is 4.38. The molecule has 1 aromatic rings. The predicted molar refractivity (Wildman–Crippen MR) is 82.1 cm³/mol. The summed E-state index contributed by atoms with van der Waals surface area (Å²) in [6.07, 6.45) is 0.808. The first kappa shape index (κ1) is 14.9. The van der Waals surface area contributed by atoms with Gasteiger partial charge in [-0.25, -0.2) is 4.79 Å². The number of nitrogens with zero attached hydrogens (tertiary/aromatic N) is 2. The van der Waals surface area contributed by atoms with Gasteiger partial charge in [-0.15, -0.1) is 0 Å². The van der Waals surface area contributed by atoms with Crippen molar-refractivity contribution in [3.05, 3.63) is 35.9 Å². The second kappa shape index (κ2) is 5.99. The fourth-order valence-corrected chi connectivity index (χ4v) is 3.41. The van der Waals surface area contributed by atoms with Gasteiger partial charge in [0.15, 0.2) is 0 Å². The van der Waals surface area contributed by atoms with Crippen molar-refractivity contribution in [2.24, 2.45) is 0 Å². The van der Waals surface area contributed by atoms with E-state index in [0.29, 0.717) is 19.5 Å². The predicted octanol–water partition coefficient (Wildman–Crippen LogP) is 2.41. The van der Waals surface area contributed by atoms with Crippen LogP contribution in [0.5, 0.6) is 0 Å². The van der Waals surface area contributed by atoms with Crippen LogP contribution in [-0.2, 0) is 16.1 Å². The van der Waals surface area contributed by atoms with Crippen LogP contribution in [0.2, 0.25) is 0 Å². The maximum Gasteiger partial charge on any atom is 0.410 e. The Hall–Kier alpha value is -2.04. The summed E-state index contributed by atoms with van der Waals surface area (Å²) in [4.78, 5) is 28.1. The van der Waals surface area contributed by atoms with E-state index < -0.39 is 0 Å². The molecule has 0 unspecified atom stereocenters. The molecule has 2 fully saturated rings. The van der Waals surface area contributed by atoms with Crippen molar-refractivity contribution >= 4 is 12.0 Å². The van der Waals surface area contributed by atoms with Gasteiger partial charge in [0.1, 0.15) is 0 Å². The van der Waals surface area contributed by atoms with Gasteiger partial charge in [-0.2, -0.15) is 0 Å². The molecule has 118 valence electrons. The summed E-state index contributed by atoms with van der Waals surface area (Å²) in [5.74, 6) is 0.126. The van der Waals surface area contributed by atoms with Gasteiger partial charge in [0.25, 0.3) is 0 Å². The molecule has 5 nitrogen and oxygen atoms in total. The third kappa shape index (κ3) is 2.80. The summed E-state index contributed by atoms with van der Waals surface area (Å²) < 4.78 is 5.29. The molecule has 0 aromatic heterocycles. The van der Waals surface area contributed by atoms with Crippen molar-refractivity contribution in [1.82, 2.24) is 9.80 Å². The first-order valence-electron chi connectivity index (χ1n) is 7.87. The number of ether oxygens (including phenoxy) is 1.